The Morgan fingerprint density at radius 3 is 1.20 bits per heavy atom. The van der Waals surface area contributed by atoms with E-state index < -0.39 is 0 Å². The fraction of sp³-hybridized carbons (Fsp3) is 0.333. The molecule has 0 heterocycles. The second-order valence-electron chi connectivity index (χ2n) is 10.7. The van der Waals surface area contributed by atoms with Crippen molar-refractivity contribution in [3.8, 4) is 23.0 Å². The highest BCUT2D eigenvalue weighted by molar-refractivity contribution is 5.47. The molecule has 0 aliphatic rings. The van der Waals surface area contributed by atoms with E-state index in [1.165, 1.54) is 56.1 Å². The molecular weight excluding hydrogens is 492 g/mol. The van der Waals surface area contributed by atoms with Gasteiger partial charge in [-0.1, -0.05) is 83.1 Å². The highest BCUT2D eigenvalue weighted by atomic mass is 16.5. The van der Waals surface area contributed by atoms with Gasteiger partial charge in [0.05, 0.1) is 0 Å². The normalized spacial score (nSPS) is 11.3. The minimum absolute atomic E-state index is 0.0805. The first-order valence-corrected chi connectivity index (χ1v) is 14.8. The van der Waals surface area contributed by atoms with Crippen molar-refractivity contribution < 1.29 is 9.47 Å². The number of nitrogen functional groups attached to an aromatic ring is 2. The molecule has 0 saturated heterocycles. The van der Waals surface area contributed by atoms with Gasteiger partial charge in [0.2, 0.25) is 0 Å². The summed E-state index contributed by atoms with van der Waals surface area (Å²) in [5, 5.41) is 0. The SMILES string of the molecule is CCCCCCCCCC(CC)(c1ccc(Oc2ccc(N)cc2)cc1)c1ccc(Oc2ccc(N)cc2)cc1. The van der Waals surface area contributed by atoms with E-state index in [0.717, 1.165) is 47.2 Å². The zero-order chi connectivity index (χ0) is 28.2. The molecule has 0 fully saturated rings. The molecular formula is C36H44N2O2. The summed E-state index contributed by atoms with van der Waals surface area (Å²) in [7, 11) is 0. The molecule has 4 heteroatoms. The van der Waals surface area contributed by atoms with E-state index in [1.54, 1.807) is 0 Å². The monoisotopic (exact) mass is 536 g/mol. The molecule has 0 bridgehead atoms. The van der Waals surface area contributed by atoms with Gasteiger partial charge in [0.1, 0.15) is 23.0 Å². The van der Waals surface area contributed by atoms with Gasteiger partial charge in [-0.05, 0) is 96.8 Å². The first kappa shape index (κ1) is 29.1. The number of unbranched alkanes of at least 4 members (excludes halogenated alkanes) is 6. The van der Waals surface area contributed by atoms with Gasteiger partial charge in [-0.15, -0.1) is 0 Å². The van der Waals surface area contributed by atoms with Crippen LogP contribution in [0.25, 0.3) is 0 Å². The molecule has 0 radical (unpaired) electrons. The van der Waals surface area contributed by atoms with Crippen molar-refractivity contribution in [3.63, 3.8) is 0 Å². The Kier molecular flexibility index (Phi) is 10.5. The number of hydrogen-bond donors (Lipinski definition) is 2. The summed E-state index contributed by atoms with van der Waals surface area (Å²) < 4.78 is 12.2. The van der Waals surface area contributed by atoms with E-state index in [-0.39, 0.29) is 5.41 Å². The fourth-order valence-corrected chi connectivity index (χ4v) is 5.45. The van der Waals surface area contributed by atoms with Crippen molar-refractivity contribution in [2.45, 2.75) is 77.0 Å². The highest BCUT2D eigenvalue weighted by Gasteiger charge is 2.32. The average Bonchev–Trinajstić information content (AvgIpc) is 2.98. The maximum Gasteiger partial charge on any atom is 0.127 e. The van der Waals surface area contributed by atoms with Crippen molar-refractivity contribution in [1.29, 1.82) is 0 Å². The Morgan fingerprint density at radius 1 is 0.475 bits per heavy atom. The molecule has 210 valence electrons. The highest BCUT2D eigenvalue weighted by Crippen LogP contribution is 2.42. The van der Waals surface area contributed by atoms with Crippen LogP contribution in [0.5, 0.6) is 23.0 Å². The van der Waals surface area contributed by atoms with Gasteiger partial charge in [-0.3, -0.25) is 0 Å². The molecule has 40 heavy (non-hydrogen) atoms. The van der Waals surface area contributed by atoms with Crippen LogP contribution < -0.4 is 20.9 Å². The van der Waals surface area contributed by atoms with E-state index in [1.807, 2.05) is 48.5 Å². The van der Waals surface area contributed by atoms with Gasteiger partial charge >= 0.3 is 0 Å². The van der Waals surface area contributed by atoms with Gasteiger partial charge in [-0.25, -0.2) is 0 Å². The molecule has 0 aliphatic heterocycles. The summed E-state index contributed by atoms with van der Waals surface area (Å²) in [6.45, 7) is 4.58. The molecule has 0 unspecified atom stereocenters. The lowest BCUT2D eigenvalue weighted by atomic mass is 9.69. The predicted octanol–water partition coefficient (Wildman–Crippen LogP) is 10.3. The molecule has 4 aromatic rings. The second-order valence-corrected chi connectivity index (χ2v) is 10.7. The molecule has 0 aromatic heterocycles. The first-order chi connectivity index (χ1) is 19.5. The number of ether oxygens (including phenoxy) is 2. The lowest BCUT2D eigenvalue weighted by Gasteiger charge is -2.35. The van der Waals surface area contributed by atoms with E-state index in [4.69, 9.17) is 20.9 Å². The van der Waals surface area contributed by atoms with Gasteiger partial charge in [0.15, 0.2) is 0 Å². The van der Waals surface area contributed by atoms with Crippen molar-refractivity contribution >= 4 is 11.4 Å². The summed E-state index contributed by atoms with van der Waals surface area (Å²) >= 11 is 0. The van der Waals surface area contributed by atoms with E-state index in [0.29, 0.717) is 0 Å². The summed E-state index contributed by atoms with van der Waals surface area (Å²) in [5.41, 5.74) is 15.7. The third-order valence-corrected chi connectivity index (χ3v) is 7.86. The van der Waals surface area contributed by atoms with Crippen molar-refractivity contribution in [2.24, 2.45) is 0 Å². The largest absolute Gasteiger partial charge is 0.457 e. The quantitative estimate of drug-likeness (QED) is 0.117. The predicted molar refractivity (Wildman–Crippen MR) is 168 cm³/mol. The van der Waals surface area contributed by atoms with Crippen LogP contribution >= 0.6 is 0 Å². The first-order valence-electron chi connectivity index (χ1n) is 14.8. The molecule has 4 N–H and O–H groups in total. The van der Waals surface area contributed by atoms with Crippen LogP contribution in [-0.2, 0) is 5.41 Å². The topological polar surface area (TPSA) is 70.5 Å². The summed E-state index contributed by atoms with van der Waals surface area (Å²) in [5.74, 6) is 3.20. The number of rotatable bonds is 15. The third kappa shape index (κ3) is 7.81. The lowest BCUT2D eigenvalue weighted by Crippen LogP contribution is -2.27. The summed E-state index contributed by atoms with van der Waals surface area (Å²) in [6.07, 6.45) is 11.2. The minimum atomic E-state index is -0.0805. The van der Waals surface area contributed by atoms with Gasteiger partial charge in [0, 0.05) is 16.8 Å². The Balaban J connectivity index is 1.54. The smallest absolute Gasteiger partial charge is 0.127 e. The minimum Gasteiger partial charge on any atom is -0.457 e. The van der Waals surface area contributed by atoms with Crippen LogP contribution in [0.15, 0.2) is 97.1 Å². The van der Waals surface area contributed by atoms with Gasteiger partial charge in [-0.2, -0.15) is 0 Å². The maximum absolute atomic E-state index is 6.09. The molecule has 4 aromatic carbocycles. The summed E-state index contributed by atoms with van der Waals surface area (Å²) in [6, 6.07) is 32.3. The number of anilines is 2. The Morgan fingerprint density at radius 2 is 0.825 bits per heavy atom. The number of nitrogens with two attached hydrogens (primary N) is 2. The molecule has 0 spiro atoms. The Hall–Kier alpha value is -3.92. The zero-order valence-electron chi connectivity index (χ0n) is 24.1. The Labute approximate surface area is 240 Å². The van der Waals surface area contributed by atoms with Crippen LogP contribution in [-0.4, -0.2) is 0 Å². The molecule has 4 rings (SSSR count). The lowest BCUT2D eigenvalue weighted by molar-refractivity contribution is 0.422. The van der Waals surface area contributed by atoms with Crippen LogP contribution in [0.4, 0.5) is 11.4 Å². The van der Waals surface area contributed by atoms with E-state index >= 15 is 0 Å². The third-order valence-electron chi connectivity index (χ3n) is 7.86. The van der Waals surface area contributed by atoms with E-state index in [2.05, 4.69) is 62.4 Å². The molecule has 0 aliphatic carbocycles. The second kappa shape index (κ2) is 14.5. The maximum atomic E-state index is 6.09. The molecule has 4 nitrogen and oxygen atoms in total. The molecule has 0 atom stereocenters. The van der Waals surface area contributed by atoms with Crippen LogP contribution in [0.1, 0.15) is 82.8 Å². The van der Waals surface area contributed by atoms with Crippen molar-refractivity contribution in [1.82, 2.24) is 0 Å². The van der Waals surface area contributed by atoms with Crippen LogP contribution in [0.2, 0.25) is 0 Å². The summed E-state index contributed by atoms with van der Waals surface area (Å²) in [4.78, 5) is 0. The van der Waals surface area contributed by atoms with Gasteiger partial charge < -0.3 is 20.9 Å². The van der Waals surface area contributed by atoms with Crippen molar-refractivity contribution in [3.05, 3.63) is 108 Å². The standard InChI is InChI=1S/C36H44N2O2/c1-3-5-6-7-8-9-10-27-36(4-2,28-11-19-32(20-12-28)39-34-23-15-30(37)16-24-34)29-13-21-33(22-14-29)40-35-25-17-31(38)18-26-35/h11-26H,3-10,27,37-38H2,1-2H3. The van der Waals surface area contributed by atoms with E-state index in [9.17, 15) is 0 Å². The van der Waals surface area contributed by atoms with Gasteiger partial charge in [0.25, 0.3) is 0 Å². The molecule has 0 saturated carbocycles. The Bertz CT molecular complexity index is 1190. The fourth-order valence-electron chi connectivity index (χ4n) is 5.45. The zero-order valence-corrected chi connectivity index (χ0v) is 24.1. The molecule has 0 amide bonds. The average molecular weight is 537 g/mol. The van der Waals surface area contributed by atoms with Crippen LogP contribution in [0.3, 0.4) is 0 Å². The number of benzene rings is 4. The number of hydrogen-bond acceptors (Lipinski definition) is 4. The van der Waals surface area contributed by atoms with Crippen LogP contribution in [0, 0.1) is 0 Å². The van der Waals surface area contributed by atoms with Crippen molar-refractivity contribution in [2.75, 3.05) is 11.5 Å².